The monoisotopic (exact) mass is 521 g/mol. The molecule has 0 bridgehead atoms. The molecule has 0 saturated carbocycles. The number of nitrogens with one attached hydrogen (secondary N) is 2. The number of fused-ring (bicyclic) bond motifs is 1. The Morgan fingerprint density at radius 2 is 1.92 bits per heavy atom. The van der Waals surface area contributed by atoms with Crippen LogP contribution in [0.3, 0.4) is 0 Å². The molecule has 2 aromatic heterocycles. The summed E-state index contributed by atoms with van der Waals surface area (Å²) in [6.45, 7) is 1.55. The number of carbonyl (C=O) groups excluding carboxylic acids is 2. The van der Waals surface area contributed by atoms with Crippen molar-refractivity contribution < 1.29 is 22.8 Å². The van der Waals surface area contributed by atoms with Gasteiger partial charge in [0.25, 0.3) is 0 Å². The number of nitrogens with zero attached hydrogens (tertiary/aromatic N) is 4. The fraction of sp³-hybridized carbons (Fsp3) is 0.154. The van der Waals surface area contributed by atoms with E-state index in [1.54, 1.807) is 28.0 Å². The largest absolute Gasteiger partial charge is 0.416 e. The Bertz CT molecular complexity index is 1580. The van der Waals surface area contributed by atoms with E-state index in [1.807, 2.05) is 24.3 Å². The zero-order chi connectivity index (χ0) is 27.0. The highest BCUT2D eigenvalue weighted by Crippen LogP contribution is 2.33. The van der Waals surface area contributed by atoms with Crippen LogP contribution < -0.4 is 16.5 Å². The number of pyridine rings is 1. The van der Waals surface area contributed by atoms with Crippen LogP contribution in [-0.4, -0.2) is 44.7 Å². The number of benzene rings is 2. The maximum absolute atomic E-state index is 13.2. The van der Waals surface area contributed by atoms with E-state index in [-0.39, 0.29) is 23.4 Å². The molecule has 0 saturated heterocycles. The quantitative estimate of drug-likeness (QED) is 0.356. The van der Waals surface area contributed by atoms with E-state index in [1.165, 1.54) is 25.3 Å². The number of anilines is 1. The lowest BCUT2D eigenvalue weighted by Crippen LogP contribution is -2.38. The predicted octanol–water partition coefficient (Wildman–Crippen LogP) is 3.78. The topological polar surface area (TPSA) is 118 Å². The second-order valence-corrected chi connectivity index (χ2v) is 8.77. The van der Waals surface area contributed by atoms with Crippen LogP contribution in [0.25, 0.3) is 28.0 Å². The van der Waals surface area contributed by atoms with Gasteiger partial charge in [0, 0.05) is 23.5 Å². The number of nitrogens with two attached hydrogens (primary N) is 1. The minimum Gasteiger partial charge on any atom is -0.366 e. The van der Waals surface area contributed by atoms with Crippen molar-refractivity contribution in [3.63, 3.8) is 0 Å². The number of aryl methyl sites for hydroxylation is 1. The van der Waals surface area contributed by atoms with Gasteiger partial charge in [0.15, 0.2) is 0 Å². The molecule has 5 rings (SSSR count). The molecule has 38 heavy (non-hydrogen) atoms. The Hall–Kier alpha value is -4.71. The number of alkyl halides is 3. The minimum atomic E-state index is -4.51. The Kier molecular flexibility index (Phi) is 6.33. The molecule has 1 aliphatic rings. The van der Waals surface area contributed by atoms with Gasteiger partial charge in [-0.3, -0.25) is 14.6 Å². The van der Waals surface area contributed by atoms with Gasteiger partial charge in [-0.15, -0.1) is 0 Å². The molecule has 0 fully saturated rings. The average molecular weight is 522 g/mol. The number of hydrogen-bond acceptors (Lipinski definition) is 6. The van der Waals surface area contributed by atoms with Crippen molar-refractivity contribution in [3.8, 4) is 11.4 Å². The fourth-order valence-corrected chi connectivity index (χ4v) is 4.22. The van der Waals surface area contributed by atoms with E-state index in [2.05, 4.69) is 15.7 Å². The zero-order valence-corrected chi connectivity index (χ0v) is 20.1. The Morgan fingerprint density at radius 1 is 1.13 bits per heavy atom. The predicted molar refractivity (Wildman–Crippen MR) is 135 cm³/mol. The summed E-state index contributed by atoms with van der Waals surface area (Å²) in [6.07, 6.45) is -1.41. The molecule has 2 aromatic carbocycles. The molecule has 194 valence electrons. The van der Waals surface area contributed by atoms with E-state index in [0.29, 0.717) is 17.9 Å². The van der Waals surface area contributed by atoms with Gasteiger partial charge in [-0.2, -0.15) is 18.3 Å². The summed E-state index contributed by atoms with van der Waals surface area (Å²) >= 11 is 0. The van der Waals surface area contributed by atoms with Crippen molar-refractivity contribution in [1.82, 2.24) is 25.2 Å². The number of rotatable bonds is 6. The standard InChI is InChI=1S/C26H22F3N7O2/c1-15-6-8-17(10-20(15)26(27,28)29)33-23(37)14-35-13-18(12-32-35)36-22-5-3-2-4-19(22)24(34-36)21-9-7-16(11-31-21)25(30)38/h2-12,32H,13-14H2,1H3,(H2,30,38)(H,33,37). The first-order valence-electron chi connectivity index (χ1n) is 11.5. The first-order chi connectivity index (χ1) is 18.1. The van der Waals surface area contributed by atoms with Crippen LogP contribution >= 0.6 is 0 Å². The third kappa shape index (κ3) is 4.93. The molecular weight excluding hydrogens is 499 g/mol. The van der Waals surface area contributed by atoms with Gasteiger partial charge in [0.1, 0.15) is 5.69 Å². The molecule has 1 aliphatic heterocycles. The number of halogens is 3. The van der Waals surface area contributed by atoms with E-state index >= 15 is 0 Å². The van der Waals surface area contributed by atoms with Crippen LogP contribution in [0, 0.1) is 6.92 Å². The van der Waals surface area contributed by atoms with Crippen LogP contribution in [0.15, 0.2) is 67.0 Å². The van der Waals surface area contributed by atoms with Crippen LogP contribution in [-0.2, 0) is 11.0 Å². The summed E-state index contributed by atoms with van der Waals surface area (Å²) < 4.78 is 41.3. The summed E-state index contributed by atoms with van der Waals surface area (Å²) in [6, 6.07) is 14.5. The second-order valence-electron chi connectivity index (χ2n) is 8.77. The number of hydrogen-bond donors (Lipinski definition) is 3. The Labute approximate surface area is 214 Å². The van der Waals surface area contributed by atoms with Gasteiger partial charge >= 0.3 is 6.18 Å². The van der Waals surface area contributed by atoms with Gasteiger partial charge in [-0.1, -0.05) is 24.3 Å². The maximum Gasteiger partial charge on any atom is 0.416 e. The van der Waals surface area contributed by atoms with Crippen LogP contribution in [0.2, 0.25) is 0 Å². The van der Waals surface area contributed by atoms with Gasteiger partial charge in [0.2, 0.25) is 11.8 Å². The van der Waals surface area contributed by atoms with E-state index in [9.17, 15) is 22.8 Å². The number of para-hydroxylation sites is 1. The molecule has 4 aromatic rings. The highest BCUT2D eigenvalue weighted by Gasteiger charge is 2.32. The van der Waals surface area contributed by atoms with Crippen molar-refractivity contribution in [3.05, 3.63) is 83.7 Å². The molecule has 2 amide bonds. The smallest absolute Gasteiger partial charge is 0.366 e. The van der Waals surface area contributed by atoms with Gasteiger partial charge in [-0.05, 0) is 42.8 Å². The normalized spacial score (nSPS) is 13.8. The molecule has 0 aliphatic carbocycles. The molecular formula is C26H22F3N7O2. The van der Waals surface area contributed by atoms with Crippen molar-refractivity contribution in [2.45, 2.75) is 13.1 Å². The molecule has 0 radical (unpaired) electrons. The lowest BCUT2D eigenvalue weighted by Gasteiger charge is -2.17. The lowest BCUT2D eigenvalue weighted by atomic mass is 10.1. The molecule has 4 N–H and O–H groups in total. The first-order valence-corrected chi connectivity index (χ1v) is 11.5. The lowest BCUT2D eigenvalue weighted by molar-refractivity contribution is -0.138. The van der Waals surface area contributed by atoms with Gasteiger partial charge < -0.3 is 16.5 Å². The minimum absolute atomic E-state index is 0.0675. The zero-order valence-electron chi connectivity index (χ0n) is 20.1. The summed E-state index contributed by atoms with van der Waals surface area (Å²) in [5.74, 6) is -1.05. The number of carbonyl (C=O) groups is 2. The van der Waals surface area contributed by atoms with Crippen LogP contribution in [0.5, 0.6) is 0 Å². The third-order valence-corrected chi connectivity index (χ3v) is 6.08. The summed E-state index contributed by atoms with van der Waals surface area (Å²) in [4.78, 5) is 28.3. The second kappa shape index (κ2) is 9.63. The summed E-state index contributed by atoms with van der Waals surface area (Å²) in [7, 11) is 0. The Balaban J connectivity index is 1.31. The SMILES string of the molecule is Cc1ccc(NC(=O)CN2CC(n3nc(-c4ccc(C(N)=O)cn4)c4ccccc43)=CN2)cc1C(F)(F)F. The van der Waals surface area contributed by atoms with E-state index in [4.69, 9.17) is 10.8 Å². The molecule has 3 heterocycles. The van der Waals surface area contributed by atoms with Gasteiger partial charge in [-0.25, -0.2) is 9.69 Å². The van der Waals surface area contributed by atoms with Crippen molar-refractivity contribution in [2.75, 3.05) is 18.4 Å². The van der Waals surface area contributed by atoms with Crippen molar-refractivity contribution in [2.24, 2.45) is 5.73 Å². The van der Waals surface area contributed by atoms with E-state index in [0.717, 1.165) is 22.7 Å². The first kappa shape index (κ1) is 25.0. The number of amides is 2. The van der Waals surface area contributed by atoms with Crippen molar-refractivity contribution >= 4 is 34.1 Å². The number of primary amides is 1. The molecule has 0 spiro atoms. The maximum atomic E-state index is 13.2. The molecule has 0 atom stereocenters. The van der Waals surface area contributed by atoms with Crippen LogP contribution in [0.1, 0.15) is 21.5 Å². The molecule has 0 unspecified atom stereocenters. The van der Waals surface area contributed by atoms with Crippen LogP contribution in [0.4, 0.5) is 18.9 Å². The Morgan fingerprint density at radius 3 is 2.63 bits per heavy atom. The molecule has 9 nitrogen and oxygen atoms in total. The van der Waals surface area contributed by atoms with Gasteiger partial charge in [0.05, 0.1) is 41.1 Å². The average Bonchev–Trinajstić information content (AvgIpc) is 3.49. The molecule has 12 heteroatoms. The van der Waals surface area contributed by atoms with Crippen molar-refractivity contribution in [1.29, 1.82) is 0 Å². The van der Waals surface area contributed by atoms with E-state index < -0.39 is 23.6 Å². The number of aromatic nitrogens is 3. The number of hydrazine groups is 1. The summed E-state index contributed by atoms with van der Waals surface area (Å²) in [5.41, 5.74) is 10.7. The highest BCUT2D eigenvalue weighted by atomic mass is 19.4. The highest BCUT2D eigenvalue weighted by molar-refractivity contribution is 5.96. The third-order valence-electron chi connectivity index (χ3n) is 6.08. The fourth-order valence-electron chi connectivity index (χ4n) is 4.22. The summed E-state index contributed by atoms with van der Waals surface area (Å²) in [5, 5.41) is 9.71.